The molecule has 3 aromatic rings. The van der Waals surface area contributed by atoms with Crippen LogP contribution in [0.3, 0.4) is 0 Å². The molecule has 1 aromatic carbocycles. The van der Waals surface area contributed by atoms with Gasteiger partial charge in [-0.25, -0.2) is 19.4 Å². The molecule has 1 aliphatic rings. The highest BCUT2D eigenvalue weighted by Gasteiger charge is 2.39. The summed E-state index contributed by atoms with van der Waals surface area (Å²) in [6, 6.07) is 6.12. The highest BCUT2D eigenvalue weighted by molar-refractivity contribution is 7.20. The molecular formula is C27H30F9N5O7S. The molecule has 4 N–H and O–H groups in total. The summed E-state index contributed by atoms with van der Waals surface area (Å²) < 4.78 is 96.2. The van der Waals surface area contributed by atoms with Crippen LogP contribution in [0.15, 0.2) is 30.6 Å². The number of nitrogens with one attached hydrogen (secondary N) is 1. The molecule has 49 heavy (non-hydrogen) atoms. The van der Waals surface area contributed by atoms with Crippen LogP contribution in [0, 0.1) is 5.92 Å². The van der Waals surface area contributed by atoms with E-state index in [-0.39, 0.29) is 5.91 Å². The first-order valence-corrected chi connectivity index (χ1v) is 14.5. The first-order valence-electron chi connectivity index (χ1n) is 13.7. The lowest BCUT2D eigenvalue weighted by Gasteiger charge is -2.26. The number of benzene rings is 1. The molecule has 0 spiro atoms. The van der Waals surface area contributed by atoms with Gasteiger partial charge in [-0.15, -0.1) is 11.3 Å². The third-order valence-corrected chi connectivity index (χ3v) is 7.19. The molecule has 1 aliphatic carbocycles. The van der Waals surface area contributed by atoms with E-state index in [1.165, 1.54) is 37.0 Å². The Bertz CT molecular complexity index is 1460. The van der Waals surface area contributed by atoms with Gasteiger partial charge in [0.15, 0.2) is 5.01 Å². The largest absolute Gasteiger partial charge is 0.490 e. The quantitative estimate of drug-likeness (QED) is 0.217. The number of hydrogen-bond donors (Lipinski definition) is 4. The van der Waals surface area contributed by atoms with Crippen molar-refractivity contribution in [1.82, 2.24) is 25.0 Å². The fraction of sp³-hybridized carbons (Fsp3) is 0.481. The molecule has 12 nitrogen and oxygen atoms in total. The lowest BCUT2D eigenvalue weighted by atomic mass is 10.1. The van der Waals surface area contributed by atoms with Crippen molar-refractivity contribution in [3.8, 4) is 11.1 Å². The van der Waals surface area contributed by atoms with Crippen molar-refractivity contribution in [3.05, 3.63) is 35.6 Å². The molecule has 0 aliphatic heterocycles. The summed E-state index contributed by atoms with van der Waals surface area (Å²) >= 11 is 1.49. The van der Waals surface area contributed by atoms with Crippen LogP contribution in [0.5, 0.6) is 0 Å². The lowest BCUT2D eigenvalue weighted by Crippen LogP contribution is -2.39. The van der Waals surface area contributed by atoms with Crippen LogP contribution in [0.25, 0.3) is 21.3 Å². The predicted octanol–water partition coefficient (Wildman–Crippen LogP) is 5.78. The van der Waals surface area contributed by atoms with Crippen LogP contribution >= 0.6 is 11.3 Å². The fourth-order valence-electron chi connectivity index (χ4n) is 3.84. The van der Waals surface area contributed by atoms with E-state index in [9.17, 15) is 44.3 Å². The number of aliphatic carboxylic acids is 3. The molecule has 1 fully saturated rings. The van der Waals surface area contributed by atoms with E-state index in [4.69, 9.17) is 29.7 Å². The van der Waals surface area contributed by atoms with Gasteiger partial charge in [-0.3, -0.25) is 9.89 Å². The van der Waals surface area contributed by atoms with Gasteiger partial charge < -0.3 is 25.1 Å². The minimum atomic E-state index is -5.08. The molecule has 1 amide bonds. The number of carbonyl (C=O) groups is 4. The Morgan fingerprint density at radius 3 is 1.73 bits per heavy atom. The van der Waals surface area contributed by atoms with E-state index < -0.39 is 36.4 Å². The smallest absolute Gasteiger partial charge is 0.475 e. The van der Waals surface area contributed by atoms with E-state index in [0.717, 1.165) is 41.0 Å². The second kappa shape index (κ2) is 18.3. The van der Waals surface area contributed by atoms with E-state index in [1.54, 1.807) is 6.20 Å². The number of halogens is 9. The highest BCUT2D eigenvalue weighted by atomic mass is 32.1. The summed E-state index contributed by atoms with van der Waals surface area (Å²) in [7, 11) is 4.10. The second-order valence-corrected chi connectivity index (χ2v) is 11.3. The second-order valence-electron chi connectivity index (χ2n) is 10.3. The van der Waals surface area contributed by atoms with Crippen molar-refractivity contribution in [2.75, 3.05) is 33.7 Å². The zero-order chi connectivity index (χ0) is 37.7. The number of carboxylic acids is 3. The molecule has 0 atom stereocenters. The number of fused-ring (bicyclic) bond motifs is 1. The zero-order valence-corrected chi connectivity index (χ0v) is 26.3. The molecule has 274 valence electrons. The summed E-state index contributed by atoms with van der Waals surface area (Å²) in [5.74, 6) is -7.57. The van der Waals surface area contributed by atoms with Crippen molar-refractivity contribution in [3.63, 3.8) is 0 Å². The summed E-state index contributed by atoms with van der Waals surface area (Å²) in [5.41, 5.74) is 3.00. The Labute approximate surface area is 275 Å². The SMILES string of the molecule is CN(C)CCN(CC1CCCC1)C(=O)c1nc2ccc(-c3cn[nH]c3)cc2s1.O=C(O)C(F)(F)F.O=C(O)C(F)(F)F.O=C(O)C(F)(F)F. The van der Waals surface area contributed by atoms with Gasteiger partial charge in [-0.05, 0) is 50.6 Å². The average molecular weight is 740 g/mol. The number of likely N-dealkylation sites (N-methyl/N-ethyl adjacent to an activating group) is 1. The number of H-pyrrole nitrogens is 1. The van der Waals surface area contributed by atoms with Crippen LogP contribution < -0.4 is 0 Å². The minimum Gasteiger partial charge on any atom is -0.475 e. The van der Waals surface area contributed by atoms with Crippen LogP contribution in [-0.4, -0.2) is 116 Å². The number of aromatic amines is 1. The van der Waals surface area contributed by atoms with E-state index >= 15 is 0 Å². The molecule has 4 rings (SSSR count). The number of alkyl halides is 9. The van der Waals surface area contributed by atoms with Crippen molar-refractivity contribution in [2.45, 2.75) is 44.2 Å². The summed E-state index contributed by atoms with van der Waals surface area (Å²) in [6.45, 7) is 2.47. The molecule has 0 unspecified atom stereocenters. The van der Waals surface area contributed by atoms with E-state index in [2.05, 4.69) is 26.1 Å². The summed E-state index contributed by atoms with van der Waals surface area (Å²) in [6.07, 6.45) is -6.52. The molecule has 22 heteroatoms. The van der Waals surface area contributed by atoms with Crippen molar-refractivity contribution in [1.29, 1.82) is 0 Å². The molecular weight excluding hydrogens is 709 g/mol. The van der Waals surface area contributed by atoms with Crippen LogP contribution in [-0.2, 0) is 14.4 Å². The third-order valence-electron chi connectivity index (χ3n) is 6.19. The zero-order valence-electron chi connectivity index (χ0n) is 25.5. The molecule has 2 aromatic heterocycles. The Hall–Kier alpha value is -4.47. The van der Waals surface area contributed by atoms with Crippen LogP contribution in [0.4, 0.5) is 39.5 Å². The van der Waals surface area contributed by atoms with E-state index in [1.807, 2.05) is 37.3 Å². The Morgan fingerprint density at radius 2 is 1.33 bits per heavy atom. The Morgan fingerprint density at radius 1 is 0.837 bits per heavy atom. The molecule has 0 radical (unpaired) electrons. The number of hydrogen-bond acceptors (Lipinski definition) is 8. The molecule has 2 heterocycles. The Balaban J connectivity index is 0.000000467. The Kier molecular flexibility index (Phi) is 15.9. The van der Waals surface area contributed by atoms with Gasteiger partial charge in [0.25, 0.3) is 5.91 Å². The highest BCUT2D eigenvalue weighted by Crippen LogP contribution is 2.30. The van der Waals surface area contributed by atoms with Crippen LogP contribution in [0.2, 0.25) is 0 Å². The number of carbonyl (C=O) groups excluding carboxylic acids is 1. The number of carboxylic acid groups (broad SMARTS) is 3. The molecule has 0 bridgehead atoms. The average Bonchev–Trinajstić information content (AvgIpc) is 3.76. The molecule has 0 saturated heterocycles. The first-order chi connectivity index (χ1) is 22.4. The predicted molar refractivity (Wildman–Crippen MR) is 155 cm³/mol. The van der Waals surface area contributed by atoms with Gasteiger partial charge in [-0.1, -0.05) is 18.9 Å². The normalized spacial score (nSPS) is 13.4. The van der Waals surface area contributed by atoms with E-state index in [0.29, 0.717) is 10.9 Å². The first kappa shape index (κ1) is 42.6. The summed E-state index contributed by atoms with van der Waals surface area (Å²) in [4.78, 5) is 48.8. The summed E-state index contributed by atoms with van der Waals surface area (Å²) in [5, 5.41) is 28.8. The van der Waals surface area contributed by atoms with Gasteiger partial charge in [-0.2, -0.15) is 44.6 Å². The maximum absolute atomic E-state index is 13.3. The van der Waals surface area contributed by atoms with Crippen molar-refractivity contribution < 1.29 is 74.0 Å². The van der Waals surface area contributed by atoms with Crippen molar-refractivity contribution in [2.24, 2.45) is 5.92 Å². The molecule has 1 saturated carbocycles. The van der Waals surface area contributed by atoms with Gasteiger partial charge in [0.05, 0.1) is 16.4 Å². The van der Waals surface area contributed by atoms with Crippen molar-refractivity contribution >= 4 is 45.4 Å². The number of rotatable bonds is 7. The van der Waals surface area contributed by atoms with Crippen LogP contribution in [0.1, 0.15) is 35.5 Å². The topological polar surface area (TPSA) is 177 Å². The van der Waals surface area contributed by atoms with Gasteiger partial charge in [0.1, 0.15) is 0 Å². The number of thiazole rings is 1. The monoisotopic (exact) mass is 739 g/mol. The third kappa shape index (κ3) is 15.5. The maximum Gasteiger partial charge on any atom is 0.490 e. The van der Waals surface area contributed by atoms with Gasteiger partial charge in [0, 0.05) is 31.4 Å². The number of aromatic nitrogens is 3. The maximum atomic E-state index is 13.3. The minimum absolute atomic E-state index is 0.0693. The standard InChI is InChI=1S/C21H27N5OS.3C2HF3O2/c1-25(2)9-10-26(14-15-5-3-4-6-15)21(27)20-24-18-8-7-16(11-19(18)28-20)17-12-22-23-13-17;3*3-2(4,5)1(6)7/h7-8,11-13,15H,3-6,9-10,14H2,1-2H3,(H,22,23);3*(H,6,7). The lowest BCUT2D eigenvalue weighted by molar-refractivity contribution is -0.193. The van der Waals surface area contributed by atoms with Gasteiger partial charge in [0.2, 0.25) is 0 Å². The number of nitrogens with zero attached hydrogens (tertiary/aromatic N) is 4. The fourth-order valence-corrected chi connectivity index (χ4v) is 4.81. The van der Waals surface area contributed by atoms with Gasteiger partial charge >= 0.3 is 36.4 Å². The number of amides is 1.